The summed E-state index contributed by atoms with van der Waals surface area (Å²) in [4.78, 5) is 23.3. The Labute approximate surface area is 142 Å². The molecule has 0 aliphatic heterocycles. The molecule has 0 spiro atoms. The summed E-state index contributed by atoms with van der Waals surface area (Å²) in [6.45, 7) is 0.240. The summed E-state index contributed by atoms with van der Waals surface area (Å²) in [6, 6.07) is 19.1. The van der Waals surface area contributed by atoms with E-state index in [2.05, 4.69) is 5.32 Å². The Morgan fingerprint density at radius 2 is 1.58 bits per heavy atom. The molecule has 0 bridgehead atoms. The number of hydrogen-bond acceptors (Lipinski definition) is 3. The maximum atomic E-state index is 11.7. The molecule has 0 aliphatic rings. The van der Waals surface area contributed by atoms with Crippen molar-refractivity contribution in [3.63, 3.8) is 0 Å². The van der Waals surface area contributed by atoms with Crippen LogP contribution in [0.25, 0.3) is 6.08 Å². The normalized spacial score (nSPS) is 10.5. The fraction of sp³-hybridized carbons (Fsp3) is 0.200. The van der Waals surface area contributed by atoms with Crippen molar-refractivity contribution < 1.29 is 14.3 Å². The van der Waals surface area contributed by atoms with E-state index in [0.717, 1.165) is 11.3 Å². The zero-order valence-corrected chi connectivity index (χ0v) is 13.5. The number of nitrogens with one attached hydrogen (secondary N) is 1. The van der Waals surface area contributed by atoms with Crippen molar-refractivity contribution in [2.45, 2.75) is 19.3 Å². The average molecular weight is 323 g/mol. The molecule has 0 radical (unpaired) electrons. The molecule has 0 heterocycles. The predicted octanol–water partition coefficient (Wildman–Crippen LogP) is 4.05. The molecule has 0 saturated heterocycles. The van der Waals surface area contributed by atoms with Crippen LogP contribution < -0.4 is 5.32 Å². The molecule has 1 amide bonds. The van der Waals surface area contributed by atoms with Gasteiger partial charge in [-0.05, 0) is 30.2 Å². The topological polar surface area (TPSA) is 55.4 Å². The minimum absolute atomic E-state index is 0.0991. The Balaban J connectivity index is 1.58. The number of amides is 1. The number of esters is 1. The third-order valence-corrected chi connectivity index (χ3v) is 3.29. The molecule has 0 unspecified atom stereocenters. The minimum Gasteiger partial charge on any atom is -0.461 e. The Morgan fingerprint density at radius 3 is 2.29 bits per heavy atom. The van der Waals surface area contributed by atoms with Crippen LogP contribution in [-0.2, 0) is 14.3 Å². The Bertz CT molecular complexity index is 666. The van der Waals surface area contributed by atoms with E-state index in [0.29, 0.717) is 12.8 Å². The highest BCUT2D eigenvalue weighted by molar-refractivity contribution is 5.90. The fourth-order valence-electron chi connectivity index (χ4n) is 2.10. The molecule has 4 nitrogen and oxygen atoms in total. The number of rotatable bonds is 8. The van der Waals surface area contributed by atoms with Gasteiger partial charge >= 0.3 is 5.97 Å². The maximum Gasteiger partial charge on any atom is 0.306 e. The van der Waals surface area contributed by atoms with Gasteiger partial charge in [0.15, 0.2) is 0 Å². The Hall–Kier alpha value is -2.88. The van der Waals surface area contributed by atoms with Gasteiger partial charge in [-0.15, -0.1) is 0 Å². The highest BCUT2D eigenvalue weighted by atomic mass is 16.5. The van der Waals surface area contributed by atoms with E-state index in [1.807, 2.05) is 66.7 Å². The number of carbonyl (C=O) groups is 2. The lowest BCUT2D eigenvalue weighted by Crippen LogP contribution is -2.12. The summed E-state index contributed by atoms with van der Waals surface area (Å²) in [7, 11) is 0. The monoisotopic (exact) mass is 323 g/mol. The summed E-state index contributed by atoms with van der Waals surface area (Å²) in [5.74, 6) is -0.391. The van der Waals surface area contributed by atoms with E-state index in [9.17, 15) is 9.59 Å². The van der Waals surface area contributed by atoms with Gasteiger partial charge in [0.1, 0.15) is 6.61 Å². The van der Waals surface area contributed by atoms with E-state index >= 15 is 0 Å². The summed E-state index contributed by atoms with van der Waals surface area (Å²) in [5.41, 5.74) is 1.82. The van der Waals surface area contributed by atoms with Crippen LogP contribution in [0.5, 0.6) is 0 Å². The molecule has 0 fully saturated rings. The molecule has 24 heavy (non-hydrogen) atoms. The zero-order valence-electron chi connectivity index (χ0n) is 13.5. The van der Waals surface area contributed by atoms with E-state index in [1.54, 1.807) is 6.08 Å². The first-order chi connectivity index (χ1) is 11.7. The van der Waals surface area contributed by atoms with Crippen molar-refractivity contribution in [1.29, 1.82) is 0 Å². The van der Waals surface area contributed by atoms with Crippen LogP contribution in [0.1, 0.15) is 24.8 Å². The first-order valence-corrected chi connectivity index (χ1v) is 7.96. The predicted molar refractivity (Wildman–Crippen MR) is 95.4 cm³/mol. The van der Waals surface area contributed by atoms with Crippen molar-refractivity contribution in [2.75, 3.05) is 11.9 Å². The molecule has 0 aliphatic carbocycles. The van der Waals surface area contributed by atoms with E-state index in [-0.39, 0.29) is 24.9 Å². The Kier molecular flexibility index (Phi) is 7.28. The standard InChI is InChI=1S/C20H21NO3/c22-19(21-18-12-5-2-6-13-18)14-7-15-20(23)24-16-8-11-17-9-3-1-4-10-17/h1-6,8-13H,7,14-16H2,(H,21,22). The molecular weight excluding hydrogens is 302 g/mol. The second kappa shape index (κ2) is 10.0. The molecule has 2 aromatic rings. The molecule has 1 N–H and O–H groups in total. The number of ether oxygens (including phenoxy) is 1. The molecular formula is C20H21NO3. The minimum atomic E-state index is -0.291. The average Bonchev–Trinajstić information content (AvgIpc) is 2.60. The third kappa shape index (κ3) is 6.92. The van der Waals surface area contributed by atoms with Crippen molar-refractivity contribution >= 4 is 23.6 Å². The number of hydrogen-bond donors (Lipinski definition) is 1. The number of anilines is 1. The highest BCUT2D eigenvalue weighted by Gasteiger charge is 2.06. The van der Waals surface area contributed by atoms with Crippen molar-refractivity contribution in [3.8, 4) is 0 Å². The van der Waals surface area contributed by atoms with Crippen LogP contribution in [0.2, 0.25) is 0 Å². The van der Waals surface area contributed by atoms with Gasteiger partial charge in [0.2, 0.25) is 5.91 Å². The van der Waals surface area contributed by atoms with Crippen LogP contribution >= 0.6 is 0 Å². The SMILES string of the molecule is O=C(CCCC(=O)OCC=Cc1ccccc1)Nc1ccccc1. The van der Waals surface area contributed by atoms with Crippen LogP contribution in [0.4, 0.5) is 5.69 Å². The van der Waals surface area contributed by atoms with Gasteiger partial charge in [-0.1, -0.05) is 54.6 Å². The van der Waals surface area contributed by atoms with Gasteiger partial charge in [-0.2, -0.15) is 0 Å². The summed E-state index contributed by atoms with van der Waals surface area (Å²) < 4.78 is 5.11. The summed E-state index contributed by atoms with van der Waals surface area (Å²) in [5, 5.41) is 2.78. The van der Waals surface area contributed by atoms with Gasteiger partial charge in [0.25, 0.3) is 0 Å². The lowest BCUT2D eigenvalue weighted by molar-refractivity contribution is -0.142. The van der Waals surface area contributed by atoms with Gasteiger partial charge in [0, 0.05) is 18.5 Å². The van der Waals surface area contributed by atoms with Crippen LogP contribution in [0, 0.1) is 0 Å². The lowest BCUT2D eigenvalue weighted by Gasteiger charge is -2.05. The summed E-state index contributed by atoms with van der Waals surface area (Å²) in [6.07, 6.45) is 4.71. The Morgan fingerprint density at radius 1 is 0.917 bits per heavy atom. The van der Waals surface area contributed by atoms with Gasteiger partial charge < -0.3 is 10.1 Å². The number of benzene rings is 2. The van der Waals surface area contributed by atoms with Gasteiger partial charge in [0.05, 0.1) is 0 Å². The maximum absolute atomic E-state index is 11.7. The molecule has 4 heteroatoms. The van der Waals surface area contributed by atoms with Crippen LogP contribution in [-0.4, -0.2) is 18.5 Å². The van der Waals surface area contributed by atoms with E-state index in [4.69, 9.17) is 4.74 Å². The molecule has 0 aromatic heterocycles. The van der Waals surface area contributed by atoms with E-state index < -0.39 is 0 Å². The van der Waals surface area contributed by atoms with E-state index in [1.165, 1.54) is 0 Å². The van der Waals surface area contributed by atoms with Gasteiger partial charge in [-0.25, -0.2) is 0 Å². The second-order valence-electron chi connectivity index (χ2n) is 5.26. The van der Waals surface area contributed by atoms with Crippen LogP contribution in [0.15, 0.2) is 66.7 Å². The third-order valence-electron chi connectivity index (χ3n) is 3.29. The smallest absolute Gasteiger partial charge is 0.306 e. The highest BCUT2D eigenvalue weighted by Crippen LogP contribution is 2.07. The lowest BCUT2D eigenvalue weighted by atomic mass is 10.2. The zero-order chi connectivity index (χ0) is 17.0. The fourth-order valence-corrected chi connectivity index (χ4v) is 2.10. The van der Waals surface area contributed by atoms with Crippen molar-refractivity contribution in [2.24, 2.45) is 0 Å². The number of para-hydroxylation sites is 1. The summed E-state index contributed by atoms with van der Waals surface area (Å²) >= 11 is 0. The van der Waals surface area contributed by atoms with Crippen molar-refractivity contribution in [1.82, 2.24) is 0 Å². The molecule has 2 aromatic carbocycles. The van der Waals surface area contributed by atoms with Crippen molar-refractivity contribution in [3.05, 3.63) is 72.3 Å². The number of carbonyl (C=O) groups excluding carboxylic acids is 2. The van der Waals surface area contributed by atoms with Crippen LogP contribution in [0.3, 0.4) is 0 Å². The molecule has 124 valence electrons. The molecule has 2 rings (SSSR count). The van der Waals surface area contributed by atoms with Gasteiger partial charge in [-0.3, -0.25) is 9.59 Å². The first-order valence-electron chi connectivity index (χ1n) is 7.96. The largest absolute Gasteiger partial charge is 0.461 e. The quantitative estimate of drug-likeness (QED) is 0.746. The molecule has 0 atom stereocenters. The molecule has 0 saturated carbocycles. The second-order valence-corrected chi connectivity index (χ2v) is 5.26. The first kappa shape index (κ1) is 17.5.